The number of hydrogen-bond acceptors (Lipinski definition) is 6. The minimum absolute atomic E-state index is 0.505. The van der Waals surface area contributed by atoms with Gasteiger partial charge in [-0.15, -0.1) is 0 Å². The number of para-hydroxylation sites is 1. The highest BCUT2D eigenvalue weighted by Crippen LogP contribution is 2.25. The zero-order valence-electron chi connectivity index (χ0n) is 15.1. The van der Waals surface area contributed by atoms with Crippen LogP contribution in [0.15, 0.2) is 67.0 Å². The monoisotopic (exact) mass is 357 g/mol. The summed E-state index contributed by atoms with van der Waals surface area (Å²) in [5, 5.41) is 7.60. The number of fused-ring (bicyclic) bond motifs is 1. The lowest BCUT2D eigenvalue weighted by molar-refractivity contribution is 0.415. The molecule has 4 rings (SSSR count). The molecule has 2 aromatic heterocycles. The van der Waals surface area contributed by atoms with Crippen LogP contribution >= 0.6 is 0 Å². The van der Waals surface area contributed by atoms with Crippen LogP contribution in [0.1, 0.15) is 5.56 Å². The maximum atomic E-state index is 5.29. The maximum Gasteiger partial charge on any atom is 0.229 e. The standard InChI is InChI=1S/C21H19N5O/c1-14-7-8-17(27-2)12-19(14)25-21-22-10-9-20(26-21)24-16-11-15-5-3-4-6-18(15)23-13-16/h3-13H,1-2H3,(H2,22,24,25,26). The molecule has 2 heterocycles. The lowest BCUT2D eigenvalue weighted by Gasteiger charge is -2.11. The molecule has 0 bridgehead atoms. The number of benzene rings is 2. The molecule has 0 saturated heterocycles. The number of pyridine rings is 1. The van der Waals surface area contributed by atoms with Crippen molar-refractivity contribution in [3.63, 3.8) is 0 Å². The van der Waals surface area contributed by atoms with E-state index < -0.39 is 0 Å². The molecule has 27 heavy (non-hydrogen) atoms. The fraction of sp³-hybridized carbons (Fsp3) is 0.0952. The predicted molar refractivity (Wildman–Crippen MR) is 108 cm³/mol. The van der Waals surface area contributed by atoms with Gasteiger partial charge in [0.15, 0.2) is 0 Å². The van der Waals surface area contributed by atoms with Crippen molar-refractivity contribution in [2.24, 2.45) is 0 Å². The number of hydrogen-bond donors (Lipinski definition) is 2. The van der Waals surface area contributed by atoms with E-state index in [0.29, 0.717) is 11.8 Å². The van der Waals surface area contributed by atoms with Gasteiger partial charge in [-0.3, -0.25) is 4.98 Å². The Morgan fingerprint density at radius 3 is 2.70 bits per heavy atom. The SMILES string of the molecule is COc1ccc(C)c(Nc2nccc(Nc3cnc4ccccc4c3)n2)c1. The normalized spacial score (nSPS) is 10.6. The highest BCUT2D eigenvalue weighted by molar-refractivity contribution is 5.82. The molecule has 0 aliphatic rings. The molecule has 0 saturated carbocycles. The van der Waals surface area contributed by atoms with E-state index in [0.717, 1.165) is 33.6 Å². The van der Waals surface area contributed by atoms with Crippen molar-refractivity contribution in [2.75, 3.05) is 17.7 Å². The van der Waals surface area contributed by atoms with E-state index in [4.69, 9.17) is 4.74 Å². The zero-order chi connectivity index (χ0) is 18.6. The fourth-order valence-corrected chi connectivity index (χ4v) is 2.76. The van der Waals surface area contributed by atoms with Gasteiger partial charge in [-0.25, -0.2) is 4.98 Å². The van der Waals surface area contributed by atoms with Gasteiger partial charge in [0, 0.05) is 23.3 Å². The Balaban J connectivity index is 1.57. The Morgan fingerprint density at radius 1 is 0.926 bits per heavy atom. The summed E-state index contributed by atoms with van der Waals surface area (Å²) in [6.45, 7) is 2.02. The number of methoxy groups -OCH3 is 1. The Morgan fingerprint density at radius 2 is 1.81 bits per heavy atom. The summed E-state index contributed by atoms with van der Waals surface area (Å²) >= 11 is 0. The first-order valence-corrected chi connectivity index (χ1v) is 8.58. The number of nitrogens with one attached hydrogen (secondary N) is 2. The Hall–Kier alpha value is -3.67. The van der Waals surface area contributed by atoms with Crippen molar-refractivity contribution >= 4 is 34.0 Å². The van der Waals surface area contributed by atoms with Crippen LogP contribution < -0.4 is 15.4 Å². The van der Waals surface area contributed by atoms with Crippen molar-refractivity contribution in [2.45, 2.75) is 6.92 Å². The van der Waals surface area contributed by atoms with E-state index in [-0.39, 0.29) is 0 Å². The summed E-state index contributed by atoms with van der Waals surface area (Å²) in [6, 6.07) is 17.7. The van der Waals surface area contributed by atoms with Gasteiger partial charge in [-0.05, 0) is 36.8 Å². The van der Waals surface area contributed by atoms with Crippen molar-refractivity contribution in [3.8, 4) is 5.75 Å². The first kappa shape index (κ1) is 16.8. The van der Waals surface area contributed by atoms with Gasteiger partial charge in [0.2, 0.25) is 5.95 Å². The molecule has 0 aliphatic heterocycles. The number of rotatable bonds is 5. The first-order valence-electron chi connectivity index (χ1n) is 8.58. The summed E-state index contributed by atoms with van der Waals surface area (Å²) in [5.41, 5.74) is 3.81. The molecule has 4 aromatic rings. The van der Waals surface area contributed by atoms with Crippen LogP contribution in [0.25, 0.3) is 10.9 Å². The molecule has 2 N–H and O–H groups in total. The quantitative estimate of drug-likeness (QED) is 0.533. The number of aromatic nitrogens is 3. The number of ether oxygens (including phenoxy) is 1. The molecule has 0 fully saturated rings. The van der Waals surface area contributed by atoms with Gasteiger partial charge in [-0.2, -0.15) is 4.98 Å². The van der Waals surface area contributed by atoms with Crippen molar-refractivity contribution in [1.29, 1.82) is 0 Å². The molecule has 134 valence electrons. The molecular weight excluding hydrogens is 338 g/mol. The second-order valence-corrected chi connectivity index (χ2v) is 6.11. The van der Waals surface area contributed by atoms with E-state index in [1.165, 1.54) is 0 Å². The summed E-state index contributed by atoms with van der Waals surface area (Å²) in [6.07, 6.45) is 3.51. The Labute approximate surface area is 157 Å². The molecule has 0 aliphatic carbocycles. The minimum Gasteiger partial charge on any atom is -0.497 e. The summed E-state index contributed by atoms with van der Waals surface area (Å²) in [7, 11) is 1.65. The van der Waals surface area contributed by atoms with Gasteiger partial charge in [-0.1, -0.05) is 24.3 Å². The molecule has 2 aromatic carbocycles. The summed E-state index contributed by atoms with van der Waals surface area (Å²) in [5.74, 6) is 1.97. The zero-order valence-corrected chi connectivity index (χ0v) is 15.1. The van der Waals surface area contributed by atoms with Crippen molar-refractivity contribution in [1.82, 2.24) is 15.0 Å². The number of nitrogens with zero attached hydrogens (tertiary/aromatic N) is 3. The lowest BCUT2D eigenvalue weighted by atomic mass is 10.2. The predicted octanol–water partition coefficient (Wildman–Crippen LogP) is 4.83. The number of anilines is 4. The first-order chi connectivity index (χ1) is 13.2. The molecule has 6 heteroatoms. The van der Waals surface area contributed by atoms with Crippen LogP contribution in [0.5, 0.6) is 5.75 Å². The topological polar surface area (TPSA) is 72.0 Å². The molecule has 0 atom stereocenters. The van der Waals surface area contributed by atoms with Gasteiger partial charge in [0.05, 0.1) is 24.5 Å². The summed E-state index contributed by atoms with van der Waals surface area (Å²) in [4.78, 5) is 13.3. The average Bonchev–Trinajstić information content (AvgIpc) is 2.70. The number of aryl methyl sites for hydroxylation is 1. The summed E-state index contributed by atoms with van der Waals surface area (Å²) < 4.78 is 5.29. The van der Waals surface area contributed by atoms with Crippen LogP contribution in [0.4, 0.5) is 23.1 Å². The smallest absolute Gasteiger partial charge is 0.229 e. The molecule has 0 amide bonds. The second kappa shape index (κ2) is 7.29. The van der Waals surface area contributed by atoms with Gasteiger partial charge in [0.1, 0.15) is 11.6 Å². The fourth-order valence-electron chi connectivity index (χ4n) is 2.76. The minimum atomic E-state index is 0.505. The van der Waals surface area contributed by atoms with Crippen molar-refractivity contribution in [3.05, 3.63) is 72.6 Å². The highest BCUT2D eigenvalue weighted by atomic mass is 16.5. The second-order valence-electron chi connectivity index (χ2n) is 6.11. The average molecular weight is 357 g/mol. The maximum absolute atomic E-state index is 5.29. The molecular formula is C21H19N5O. The molecule has 0 radical (unpaired) electrons. The van der Waals surface area contributed by atoms with Crippen LogP contribution in [-0.2, 0) is 0 Å². The highest BCUT2D eigenvalue weighted by Gasteiger charge is 2.05. The molecule has 0 spiro atoms. The van der Waals surface area contributed by atoms with Crippen LogP contribution in [0.3, 0.4) is 0 Å². The third-order valence-corrected chi connectivity index (χ3v) is 4.21. The van der Waals surface area contributed by atoms with E-state index in [9.17, 15) is 0 Å². The Kier molecular flexibility index (Phi) is 4.53. The third kappa shape index (κ3) is 3.79. The van der Waals surface area contributed by atoms with Crippen LogP contribution in [0.2, 0.25) is 0 Å². The lowest BCUT2D eigenvalue weighted by Crippen LogP contribution is -2.02. The van der Waals surface area contributed by atoms with E-state index in [2.05, 4.69) is 25.6 Å². The van der Waals surface area contributed by atoms with E-state index >= 15 is 0 Å². The van der Waals surface area contributed by atoms with E-state index in [1.54, 1.807) is 19.5 Å². The Bertz CT molecular complexity index is 1100. The molecule has 0 unspecified atom stereocenters. The van der Waals surface area contributed by atoms with Crippen LogP contribution in [0, 0.1) is 6.92 Å². The van der Waals surface area contributed by atoms with Crippen LogP contribution in [-0.4, -0.2) is 22.1 Å². The third-order valence-electron chi connectivity index (χ3n) is 4.21. The van der Waals surface area contributed by atoms with Gasteiger partial charge >= 0.3 is 0 Å². The van der Waals surface area contributed by atoms with Gasteiger partial charge < -0.3 is 15.4 Å². The van der Waals surface area contributed by atoms with E-state index in [1.807, 2.05) is 61.5 Å². The molecule has 6 nitrogen and oxygen atoms in total. The van der Waals surface area contributed by atoms with Crippen molar-refractivity contribution < 1.29 is 4.74 Å². The van der Waals surface area contributed by atoms with Gasteiger partial charge in [0.25, 0.3) is 0 Å². The largest absolute Gasteiger partial charge is 0.497 e.